The number of pyridine rings is 3. The Balaban J connectivity index is 1.52. The average Bonchev–Trinajstić information content (AvgIpc) is 3.42. The SMILES string of the molecule is Cc1cc(F)cc(-c2ccnc3[nH]c(-c4n[nH]c5ccc(-c6cnccc6C)nc45)cc23)c1. The van der Waals surface area contributed by atoms with Crippen molar-refractivity contribution in [3.05, 3.63) is 84.1 Å². The molecule has 0 spiro atoms. The minimum atomic E-state index is -0.258. The number of fused-ring (bicyclic) bond motifs is 2. The van der Waals surface area contributed by atoms with Crippen molar-refractivity contribution < 1.29 is 4.39 Å². The zero-order valence-corrected chi connectivity index (χ0v) is 18.0. The molecule has 0 radical (unpaired) electrons. The lowest BCUT2D eigenvalue weighted by Crippen LogP contribution is -1.89. The summed E-state index contributed by atoms with van der Waals surface area (Å²) in [6.07, 6.45) is 5.32. The maximum atomic E-state index is 14.1. The standard InChI is InChI=1S/C26H19FN6/c1-14-9-16(11-17(27)10-14)18-6-8-29-26-19(18)12-23(31-26)25-24-22(32-33-25)4-3-21(30-24)20-13-28-7-5-15(20)2/h3-13H,1-2H3,(H,29,31)(H,32,33). The molecule has 0 atom stereocenters. The van der Waals surface area contributed by atoms with E-state index in [0.717, 1.165) is 55.6 Å². The third kappa shape index (κ3) is 3.25. The van der Waals surface area contributed by atoms with Crippen LogP contribution in [0.2, 0.25) is 0 Å². The highest BCUT2D eigenvalue weighted by atomic mass is 19.1. The number of H-pyrrole nitrogens is 2. The molecule has 7 heteroatoms. The molecule has 2 N–H and O–H groups in total. The molecule has 0 bridgehead atoms. The Bertz CT molecular complexity index is 1640. The monoisotopic (exact) mass is 434 g/mol. The van der Waals surface area contributed by atoms with Gasteiger partial charge in [0.05, 0.1) is 16.9 Å². The number of rotatable bonds is 3. The van der Waals surface area contributed by atoms with Crippen molar-refractivity contribution in [3.63, 3.8) is 0 Å². The molecular weight excluding hydrogens is 415 g/mol. The predicted octanol–water partition coefficient (Wildman–Crippen LogP) is 5.99. The van der Waals surface area contributed by atoms with E-state index in [1.54, 1.807) is 18.5 Å². The Hall–Kier alpha value is -4.39. The molecule has 6 rings (SSSR count). The molecular formula is C26H19FN6. The van der Waals surface area contributed by atoms with Gasteiger partial charge in [-0.3, -0.25) is 10.1 Å². The van der Waals surface area contributed by atoms with E-state index in [1.165, 1.54) is 6.07 Å². The van der Waals surface area contributed by atoms with Gasteiger partial charge in [-0.1, -0.05) is 6.07 Å². The molecule has 0 aliphatic carbocycles. The first-order chi connectivity index (χ1) is 16.1. The van der Waals surface area contributed by atoms with Crippen LogP contribution in [0.3, 0.4) is 0 Å². The molecule has 1 aromatic carbocycles. The van der Waals surface area contributed by atoms with Gasteiger partial charge in [0.15, 0.2) is 0 Å². The second-order valence-electron chi connectivity index (χ2n) is 8.18. The van der Waals surface area contributed by atoms with Crippen LogP contribution in [0.4, 0.5) is 4.39 Å². The summed E-state index contributed by atoms with van der Waals surface area (Å²) >= 11 is 0. The van der Waals surface area contributed by atoms with Gasteiger partial charge in [0.1, 0.15) is 22.7 Å². The Labute approximate surface area is 188 Å². The van der Waals surface area contributed by atoms with Crippen LogP contribution >= 0.6 is 0 Å². The molecule has 5 heterocycles. The van der Waals surface area contributed by atoms with Crippen molar-refractivity contribution in [1.29, 1.82) is 0 Å². The van der Waals surface area contributed by atoms with Crippen molar-refractivity contribution in [2.24, 2.45) is 0 Å². The Morgan fingerprint density at radius 1 is 0.909 bits per heavy atom. The van der Waals surface area contributed by atoms with Gasteiger partial charge in [-0.25, -0.2) is 14.4 Å². The van der Waals surface area contributed by atoms with E-state index in [4.69, 9.17) is 4.98 Å². The van der Waals surface area contributed by atoms with Crippen LogP contribution in [-0.4, -0.2) is 30.1 Å². The number of aromatic nitrogens is 6. The van der Waals surface area contributed by atoms with Gasteiger partial charge < -0.3 is 4.98 Å². The van der Waals surface area contributed by atoms with Gasteiger partial charge in [0.2, 0.25) is 0 Å². The van der Waals surface area contributed by atoms with Crippen LogP contribution in [0.15, 0.2) is 67.1 Å². The highest BCUT2D eigenvalue weighted by Gasteiger charge is 2.16. The van der Waals surface area contributed by atoms with Crippen LogP contribution in [0, 0.1) is 19.7 Å². The fourth-order valence-electron chi connectivity index (χ4n) is 4.27. The van der Waals surface area contributed by atoms with Crippen molar-refractivity contribution in [2.45, 2.75) is 13.8 Å². The quantitative estimate of drug-likeness (QED) is 0.359. The molecule has 33 heavy (non-hydrogen) atoms. The van der Waals surface area contributed by atoms with Crippen LogP contribution in [0.1, 0.15) is 11.1 Å². The van der Waals surface area contributed by atoms with E-state index < -0.39 is 0 Å². The Morgan fingerprint density at radius 3 is 2.67 bits per heavy atom. The second kappa shape index (κ2) is 7.34. The van der Waals surface area contributed by atoms with Crippen LogP contribution in [0.5, 0.6) is 0 Å². The fourth-order valence-corrected chi connectivity index (χ4v) is 4.27. The number of hydrogen-bond acceptors (Lipinski definition) is 4. The second-order valence-corrected chi connectivity index (χ2v) is 8.18. The van der Waals surface area contributed by atoms with Crippen molar-refractivity contribution >= 4 is 22.1 Å². The Kier molecular flexibility index (Phi) is 4.29. The average molecular weight is 434 g/mol. The highest BCUT2D eigenvalue weighted by Crippen LogP contribution is 2.34. The zero-order valence-electron chi connectivity index (χ0n) is 18.0. The number of halogens is 1. The minimum absolute atomic E-state index is 0.258. The molecule has 6 nitrogen and oxygen atoms in total. The summed E-state index contributed by atoms with van der Waals surface area (Å²) in [5, 5.41) is 8.49. The third-order valence-electron chi connectivity index (χ3n) is 5.86. The van der Waals surface area contributed by atoms with Gasteiger partial charge in [-0.15, -0.1) is 0 Å². The normalized spacial score (nSPS) is 11.5. The number of benzene rings is 1. The highest BCUT2D eigenvalue weighted by molar-refractivity contribution is 5.99. The molecule has 0 aliphatic heterocycles. The van der Waals surface area contributed by atoms with Crippen molar-refractivity contribution in [3.8, 4) is 33.8 Å². The summed E-state index contributed by atoms with van der Waals surface area (Å²) in [4.78, 5) is 17.0. The molecule has 0 saturated heterocycles. The van der Waals surface area contributed by atoms with E-state index >= 15 is 0 Å². The van der Waals surface area contributed by atoms with E-state index in [2.05, 4.69) is 25.1 Å². The van der Waals surface area contributed by atoms with E-state index in [0.29, 0.717) is 11.3 Å². The number of nitrogens with one attached hydrogen (secondary N) is 2. The van der Waals surface area contributed by atoms with Crippen molar-refractivity contribution in [2.75, 3.05) is 0 Å². The number of hydrogen-bond donors (Lipinski definition) is 2. The van der Waals surface area contributed by atoms with Crippen LogP contribution < -0.4 is 0 Å². The number of aromatic amines is 2. The van der Waals surface area contributed by atoms with Crippen molar-refractivity contribution in [1.82, 2.24) is 30.1 Å². The lowest BCUT2D eigenvalue weighted by molar-refractivity contribution is 0.627. The maximum Gasteiger partial charge on any atom is 0.138 e. The molecule has 0 fully saturated rings. The van der Waals surface area contributed by atoms with Gasteiger partial charge in [-0.2, -0.15) is 5.10 Å². The van der Waals surface area contributed by atoms with Crippen LogP contribution in [-0.2, 0) is 0 Å². The van der Waals surface area contributed by atoms with E-state index in [9.17, 15) is 4.39 Å². The van der Waals surface area contributed by atoms with Gasteiger partial charge in [0, 0.05) is 29.5 Å². The van der Waals surface area contributed by atoms with Crippen LogP contribution in [0.25, 0.3) is 55.8 Å². The number of nitrogens with zero attached hydrogens (tertiary/aromatic N) is 4. The summed E-state index contributed by atoms with van der Waals surface area (Å²) in [6, 6.07) is 14.8. The lowest BCUT2D eigenvalue weighted by Gasteiger charge is -2.05. The van der Waals surface area contributed by atoms with Gasteiger partial charge in [0.25, 0.3) is 0 Å². The summed E-state index contributed by atoms with van der Waals surface area (Å²) in [7, 11) is 0. The molecule has 0 amide bonds. The lowest BCUT2D eigenvalue weighted by atomic mass is 10.0. The van der Waals surface area contributed by atoms with Gasteiger partial charge >= 0.3 is 0 Å². The van der Waals surface area contributed by atoms with E-state index in [1.807, 2.05) is 56.4 Å². The first-order valence-corrected chi connectivity index (χ1v) is 10.6. The molecule has 6 aromatic rings. The Morgan fingerprint density at radius 2 is 1.82 bits per heavy atom. The third-order valence-corrected chi connectivity index (χ3v) is 5.86. The molecule has 0 unspecified atom stereocenters. The first kappa shape index (κ1) is 19.3. The summed E-state index contributed by atoms with van der Waals surface area (Å²) in [6.45, 7) is 3.93. The van der Waals surface area contributed by atoms with E-state index in [-0.39, 0.29) is 5.82 Å². The number of aryl methyl sites for hydroxylation is 2. The topological polar surface area (TPSA) is 83.1 Å². The smallest absolute Gasteiger partial charge is 0.138 e. The summed E-state index contributed by atoms with van der Waals surface area (Å²) in [5.41, 5.74) is 9.29. The molecule has 5 aromatic heterocycles. The fraction of sp³-hybridized carbons (Fsp3) is 0.0769. The predicted molar refractivity (Wildman–Crippen MR) is 127 cm³/mol. The summed E-state index contributed by atoms with van der Waals surface area (Å²) in [5.74, 6) is -0.258. The largest absolute Gasteiger partial charge is 0.338 e. The zero-order chi connectivity index (χ0) is 22.5. The van der Waals surface area contributed by atoms with Gasteiger partial charge in [-0.05, 0) is 78.6 Å². The minimum Gasteiger partial charge on any atom is -0.338 e. The maximum absolute atomic E-state index is 14.1. The molecule has 160 valence electrons. The molecule has 0 saturated carbocycles. The summed E-state index contributed by atoms with van der Waals surface area (Å²) < 4.78 is 14.1. The molecule has 0 aliphatic rings. The first-order valence-electron chi connectivity index (χ1n) is 10.6.